The van der Waals surface area contributed by atoms with Crippen LogP contribution in [0.1, 0.15) is 17.3 Å². The molecule has 32 heavy (non-hydrogen) atoms. The van der Waals surface area contributed by atoms with Gasteiger partial charge in [0.05, 0.1) is 17.2 Å². The molecular formula is C23H22Cl2N4O3. The molecule has 3 aromatic rings. The van der Waals surface area contributed by atoms with Crippen molar-refractivity contribution in [2.75, 3.05) is 31.6 Å². The van der Waals surface area contributed by atoms with Crippen LogP contribution in [0.15, 0.2) is 54.9 Å². The van der Waals surface area contributed by atoms with Crippen LogP contribution < -0.4 is 14.4 Å². The zero-order valence-corrected chi connectivity index (χ0v) is 19.2. The second-order valence-electron chi connectivity index (χ2n) is 7.41. The van der Waals surface area contributed by atoms with Gasteiger partial charge in [-0.2, -0.15) is 0 Å². The van der Waals surface area contributed by atoms with Crippen LogP contribution in [0.2, 0.25) is 10.0 Å². The van der Waals surface area contributed by atoms with E-state index >= 15 is 0 Å². The zero-order chi connectivity index (χ0) is 22.7. The number of benzene rings is 2. The summed E-state index contributed by atoms with van der Waals surface area (Å²) in [6, 6.07) is 14.0. The summed E-state index contributed by atoms with van der Waals surface area (Å²) in [6.07, 6.45) is 1.48. The van der Waals surface area contributed by atoms with Gasteiger partial charge in [0.25, 0.3) is 5.91 Å². The van der Waals surface area contributed by atoms with Gasteiger partial charge < -0.3 is 19.3 Å². The van der Waals surface area contributed by atoms with Gasteiger partial charge in [0.2, 0.25) is 5.88 Å². The molecule has 1 saturated heterocycles. The van der Waals surface area contributed by atoms with Crippen LogP contribution in [-0.4, -0.2) is 53.6 Å². The molecule has 7 nitrogen and oxygen atoms in total. The standard InChI is InChI=1S/C23H22Cl2N4O3/c1-15-13-28(9-10-29(15)23(30)16-3-8-19(24)20(25)11-16)21-12-22(27-14-26-21)32-18-6-4-17(31-2)5-7-18/h3-8,11-12,14-15H,9-10,13H2,1-2H3. The van der Waals surface area contributed by atoms with Crippen molar-refractivity contribution in [2.24, 2.45) is 0 Å². The maximum Gasteiger partial charge on any atom is 0.254 e. The first-order chi connectivity index (χ1) is 15.4. The predicted octanol–water partition coefficient (Wildman–Crippen LogP) is 4.94. The number of rotatable bonds is 5. The van der Waals surface area contributed by atoms with Crippen LogP contribution in [0.5, 0.6) is 17.4 Å². The molecule has 0 spiro atoms. The van der Waals surface area contributed by atoms with Crippen LogP contribution >= 0.6 is 23.2 Å². The molecule has 166 valence electrons. The summed E-state index contributed by atoms with van der Waals surface area (Å²) in [5, 5.41) is 0.798. The summed E-state index contributed by atoms with van der Waals surface area (Å²) in [6.45, 7) is 3.83. The van der Waals surface area contributed by atoms with Crippen molar-refractivity contribution in [3.05, 3.63) is 70.5 Å². The van der Waals surface area contributed by atoms with E-state index in [0.29, 0.717) is 46.9 Å². The minimum atomic E-state index is -0.0677. The van der Waals surface area contributed by atoms with Gasteiger partial charge in [0, 0.05) is 37.3 Å². The lowest BCUT2D eigenvalue weighted by atomic mass is 10.1. The Labute approximate surface area is 196 Å². The fraction of sp³-hybridized carbons (Fsp3) is 0.261. The van der Waals surface area contributed by atoms with Gasteiger partial charge in [0.15, 0.2) is 0 Å². The SMILES string of the molecule is COc1ccc(Oc2cc(N3CCN(C(=O)c4ccc(Cl)c(Cl)c4)C(C)C3)ncn2)cc1. The molecule has 2 heterocycles. The number of aromatic nitrogens is 2. The Morgan fingerprint density at radius 1 is 1.00 bits per heavy atom. The Balaban J connectivity index is 1.43. The molecule has 4 rings (SSSR count). The number of hydrogen-bond donors (Lipinski definition) is 0. The molecule has 1 aliphatic heterocycles. The van der Waals surface area contributed by atoms with Gasteiger partial charge in [-0.05, 0) is 49.4 Å². The van der Waals surface area contributed by atoms with Gasteiger partial charge in [-0.15, -0.1) is 0 Å². The van der Waals surface area contributed by atoms with E-state index in [4.69, 9.17) is 32.7 Å². The predicted molar refractivity (Wildman–Crippen MR) is 124 cm³/mol. The number of nitrogens with zero attached hydrogens (tertiary/aromatic N) is 4. The first-order valence-electron chi connectivity index (χ1n) is 10.1. The molecule has 9 heteroatoms. The van der Waals surface area contributed by atoms with Crippen LogP contribution in [0.4, 0.5) is 5.82 Å². The molecule has 1 atom stereocenters. The summed E-state index contributed by atoms with van der Waals surface area (Å²) < 4.78 is 11.0. The van der Waals surface area contributed by atoms with Crippen molar-refractivity contribution in [1.29, 1.82) is 0 Å². The second kappa shape index (κ2) is 9.63. The van der Waals surface area contributed by atoms with Crippen LogP contribution in [-0.2, 0) is 0 Å². The van der Waals surface area contributed by atoms with Gasteiger partial charge in [0.1, 0.15) is 23.6 Å². The molecule has 0 aliphatic carbocycles. The highest BCUT2D eigenvalue weighted by atomic mass is 35.5. The number of anilines is 1. The monoisotopic (exact) mass is 472 g/mol. The number of piperazine rings is 1. The molecule has 0 bridgehead atoms. The highest BCUT2D eigenvalue weighted by Gasteiger charge is 2.29. The van der Waals surface area contributed by atoms with E-state index in [2.05, 4.69) is 14.9 Å². The number of carbonyl (C=O) groups is 1. The molecule has 0 N–H and O–H groups in total. The smallest absolute Gasteiger partial charge is 0.254 e. The molecule has 1 aromatic heterocycles. The van der Waals surface area contributed by atoms with Crippen molar-refractivity contribution < 1.29 is 14.3 Å². The first kappa shape index (κ1) is 22.2. The van der Waals surface area contributed by atoms with E-state index in [1.807, 2.05) is 36.1 Å². The lowest BCUT2D eigenvalue weighted by Gasteiger charge is -2.40. The molecular weight excluding hydrogens is 451 g/mol. The molecule has 1 amide bonds. The second-order valence-corrected chi connectivity index (χ2v) is 8.23. The van der Waals surface area contributed by atoms with E-state index in [1.54, 1.807) is 31.4 Å². The Bertz CT molecular complexity index is 1110. The minimum absolute atomic E-state index is 0.0216. The van der Waals surface area contributed by atoms with Gasteiger partial charge in [-0.25, -0.2) is 9.97 Å². The molecule has 2 aromatic carbocycles. The Hall–Kier alpha value is -3.03. The third kappa shape index (κ3) is 4.89. The average Bonchev–Trinajstić information content (AvgIpc) is 2.81. The quantitative estimate of drug-likeness (QED) is 0.523. The van der Waals surface area contributed by atoms with Crippen molar-refractivity contribution in [2.45, 2.75) is 13.0 Å². The fourth-order valence-electron chi connectivity index (χ4n) is 3.59. The van der Waals surface area contributed by atoms with E-state index in [1.165, 1.54) is 6.33 Å². The van der Waals surface area contributed by atoms with Crippen LogP contribution in [0.25, 0.3) is 0 Å². The molecule has 1 aliphatic rings. The number of ether oxygens (including phenoxy) is 2. The van der Waals surface area contributed by atoms with E-state index in [0.717, 1.165) is 11.6 Å². The van der Waals surface area contributed by atoms with Gasteiger partial charge in [-0.1, -0.05) is 23.2 Å². The Kier molecular flexibility index (Phi) is 6.67. The van der Waals surface area contributed by atoms with Crippen LogP contribution in [0.3, 0.4) is 0 Å². The Morgan fingerprint density at radius 2 is 1.75 bits per heavy atom. The van der Waals surface area contributed by atoms with Crippen molar-refractivity contribution in [3.63, 3.8) is 0 Å². The number of hydrogen-bond acceptors (Lipinski definition) is 6. The van der Waals surface area contributed by atoms with Crippen molar-refractivity contribution in [3.8, 4) is 17.4 Å². The highest BCUT2D eigenvalue weighted by molar-refractivity contribution is 6.42. The average molecular weight is 473 g/mol. The van der Waals surface area contributed by atoms with E-state index < -0.39 is 0 Å². The highest BCUT2D eigenvalue weighted by Crippen LogP contribution is 2.27. The Morgan fingerprint density at radius 3 is 2.44 bits per heavy atom. The fourth-order valence-corrected chi connectivity index (χ4v) is 3.88. The summed E-state index contributed by atoms with van der Waals surface area (Å²) in [4.78, 5) is 25.5. The summed E-state index contributed by atoms with van der Waals surface area (Å²) in [5.41, 5.74) is 0.525. The molecule has 0 radical (unpaired) electrons. The molecule has 1 fully saturated rings. The van der Waals surface area contributed by atoms with Crippen LogP contribution in [0, 0.1) is 0 Å². The molecule has 0 saturated carbocycles. The number of amides is 1. The number of halogens is 2. The normalized spacial score (nSPS) is 16.1. The molecule has 1 unspecified atom stereocenters. The maximum atomic E-state index is 13.0. The van der Waals surface area contributed by atoms with E-state index in [-0.39, 0.29) is 11.9 Å². The maximum absolute atomic E-state index is 13.0. The third-order valence-electron chi connectivity index (χ3n) is 5.29. The lowest BCUT2D eigenvalue weighted by Crippen LogP contribution is -2.54. The van der Waals surface area contributed by atoms with Crippen molar-refractivity contribution in [1.82, 2.24) is 14.9 Å². The van der Waals surface area contributed by atoms with Gasteiger partial charge in [-0.3, -0.25) is 4.79 Å². The summed E-state index contributed by atoms with van der Waals surface area (Å²) in [5.74, 6) is 2.53. The number of carbonyl (C=O) groups excluding carboxylic acids is 1. The van der Waals surface area contributed by atoms with Gasteiger partial charge >= 0.3 is 0 Å². The lowest BCUT2D eigenvalue weighted by molar-refractivity contribution is 0.0673. The minimum Gasteiger partial charge on any atom is -0.497 e. The topological polar surface area (TPSA) is 67.8 Å². The zero-order valence-electron chi connectivity index (χ0n) is 17.7. The first-order valence-corrected chi connectivity index (χ1v) is 10.8. The van der Waals surface area contributed by atoms with E-state index in [9.17, 15) is 4.79 Å². The number of methoxy groups -OCH3 is 1. The van der Waals surface area contributed by atoms with Crippen molar-refractivity contribution >= 4 is 34.9 Å². The summed E-state index contributed by atoms with van der Waals surface area (Å²) >= 11 is 12.1. The third-order valence-corrected chi connectivity index (χ3v) is 6.03. The largest absolute Gasteiger partial charge is 0.497 e. The summed E-state index contributed by atoms with van der Waals surface area (Å²) in [7, 11) is 1.62.